The molecule has 1 aliphatic rings. The van der Waals surface area contributed by atoms with Crippen LogP contribution in [0.4, 0.5) is 5.13 Å². The molecule has 3 aromatic rings. The van der Waals surface area contributed by atoms with Crippen molar-refractivity contribution in [2.75, 3.05) is 18.6 Å². The minimum atomic E-state index is -1.07. The van der Waals surface area contributed by atoms with Crippen LogP contribution in [0.25, 0.3) is 0 Å². The summed E-state index contributed by atoms with van der Waals surface area (Å²) in [4.78, 5) is 50.2. The van der Waals surface area contributed by atoms with Crippen LogP contribution in [0, 0.1) is 20.8 Å². The number of aromatic nitrogens is 2. The molecule has 4 rings (SSSR count). The van der Waals surface area contributed by atoms with Crippen molar-refractivity contribution in [3.8, 4) is 5.75 Å². The fourth-order valence-corrected chi connectivity index (χ4v) is 6.22. The molecule has 188 valence electrons. The normalized spacial score (nSPS) is 15.6. The second kappa shape index (κ2) is 10.1. The van der Waals surface area contributed by atoms with Gasteiger partial charge in [0.1, 0.15) is 16.7 Å². The number of aryl methyl sites for hydroxylation is 3. The fraction of sp³-hybridized carbons (Fsp3) is 0.292. The summed E-state index contributed by atoms with van der Waals surface area (Å²) in [5, 5.41) is 11.9. The van der Waals surface area contributed by atoms with Gasteiger partial charge in [0.15, 0.2) is 10.9 Å². The molecule has 1 amide bonds. The summed E-state index contributed by atoms with van der Waals surface area (Å²) in [6.07, 6.45) is 0. The molecule has 0 fully saturated rings. The molecule has 0 spiro atoms. The zero-order chi connectivity index (χ0) is 26.3. The molecule has 0 saturated carbocycles. The number of amides is 1. The highest BCUT2D eigenvalue weighted by Crippen LogP contribution is 2.47. The average molecular weight is 592 g/mol. The number of halogens is 1. The van der Waals surface area contributed by atoms with Crippen LogP contribution in [-0.2, 0) is 9.53 Å². The number of aliphatic hydroxyl groups is 1. The van der Waals surface area contributed by atoms with Gasteiger partial charge in [0.2, 0.25) is 5.78 Å². The minimum Gasteiger partial charge on any atom is -0.503 e. The molecule has 9 nitrogen and oxygen atoms in total. The highest BCUT2D eigenvalue weighted by Gasteiger charge is 2.48. The number of hydrogen-bond donors (Lipinski definition) is 1. The highest BCUT2D eigenvalue weighted by atomic mass is 79.9. The number of methoxy groups -OCH3 is 1. The van der Waals surface area contributed by atoms with Gasteiger partial charge in [0.05, 0.1) is 40.6 Å². The zero-order valence-corrected chi connectivity index (χ0v) is 23.3. The molecular formula is C24H22BrN3O6S2. The van der Waals surface area contributed by atoms with Crippen LogP contribution >= 0.6 is 38.6 Å². The van der Waals surface area contributed by atoms with Crippen LogP contribution in [0.15, 0.2) is 34.0 Å². The third-order valence-electron chi connectivity index (χ3n) is 5.50. The maximum Gasteiger partial charge on any atom is 0.350 e. The number of ketones is 1. The summed E-state index contributed by atoms with van der Waals surface area (Å²) in [5.74, 6) is -2.18. The third kappa shape index (κ3) is 4.44. The van der Waals surface area contributed by atoms with Gasteiger partial charge in [0, 0.05) is 10.0 Å². The van der Waals surface area contributed by atoms with Crippen LogP contribution in [-0.4, -0.2) is 46.5 Å². The summed E-state index contributed by atoms with van der Waals surface area (Å²) in [6, 6.07) is 4.10. The Labute approximate surface area is 223 Å². The predicted molar refractivity (Wildman–Crippen MR) is 139 cm³/mol. The fourth-order valence-electron chi connectivity index (χ4n) is 3.98. The van der Waals surface area contributed by atoms with Crippen LogP contribution in [0.2, 0.25) is 0 Å². The van der Waals surface area contributed by atoms with Crippen molar-refractivity contribution in [2.45, 2.75) is 33.7 Å². The number of nitrogens with zero attached hydrogens (tertiary/aromatic N) is 3. The van der Waals surface area contributed by atoms with Crippen molar-refractivity contribution in [1.29, 1.82) is 0 Å². The maximum atomic E-state index is 13.8. The van der Waals surface area contributed by atoms with Crippen molar-refractivity contribution in [3.63, 3.8) is 0 Å². The average Bonchev–Trinajstić information content (AvgIpc) is 3.46. The molecule has 36 heavy (non-hydrogen) atoms. The second-order valence-electron chi connectivity index (χ2n) is 7.83. The number of carbonyl (C=O) groups excluding carboxylic acids is 3. The first kappa shape index (κ1) is 26.0. The number of hydrogen-bond acceptors (Lipinski definition) is 10. The molecule has 0 aliphatic carbocycles. The molecule has 0 saturated heterocycles. The van der Waals surface area contributed by atoms with E-state index in [0.29, 0.717) is 37.1 Å². The summed E-state index contributed by atoms with van der Waals surface area (Å²) < 4.78 is 11.3. The Bertz CT molecular complexity index is 1430. The van der Waals surface area contributed by atoms with Crippen molar-refractivity contribution in [2.24, 2.45) is 0 Å². The second-order valence-corrected chi connectivity index (χ2v) is 10.9. The topological polar surface area (TPSA) is 119 Å². The smallest absolute Gasteiger partial charge is 0.350 e. The summed E-state index contributed by atoms with van der Waals surface area (Å²) in [6.45, 7) is 6.98. The number of anilines is 1. The zero-order valence-electron chi connectivity index (χ0n) is 20.0. The van der Waals surface area contributed by atoms with Gasteiger partial charge in [-0.1, -0.05) is 27.3 Å². The first-order chi connectivity index (χ1) is 17.1. The molecule has 12 heteroatoms. The number of rotatable bonds is 7. The maximum absolute atomic E-state index is 13.8. The van der Waals surface area contributed by atoms with Gasteiger partial charge in [-0.3, -0.25) is 14.5 Å². The number of esters is 1. The predicted octanol–water partition coefficient (Wildman–Crippen LogP) is 5.26. The Morgan fingerprint density at radius 2 is 1.83 bits per heavy atom. The van der Waals surface area contributed by atoms with E-state index in [0.717, 1.165) is 11.3 Å². The van der Waals surface area contributed by atoms with Gasteiger partial charge >= 0.3 is 5.97 Å². The van der Waals surface area contributed by atoms with Crippen molar-refractivity contribution < 1.29 is 29.0 Å². The number of ether oxygens (including phenoxy) is 2. The summed E-state index contributed by atoms with van der Waals surface area (Å²) >= 11 is 5.58. The lowest BCUT2D eigenvalue weighted by atomic mass is 9.94. The van der Waals surface area contributed by atoms with E-state index in [1.54, 1.807) is 45.9 Å². The lowest BCUT2D eigenvalue weighted by Gasteiger charge is -2.26. The van der Waals surface area contributed by atoms with Gasteiger partial charge < -0.3 is 14.6 Å². The molecule has 2 aromatic heterocycles. The molecule has 1 unspecified atom stereocenters. The van der Waals surface area contributed by atoms with Gasteiger partial charge in [-0.2, -0.15) is 0 Å². The first-order valence-corrected chi connectivity index (χ1v) is 13.2. The minimum absolute atomic E-state index is 0.117. The Hall–Kier alpha value is -3.09. The Kier molecular flexibility index (Phi) is 7.30. The van der Waals surface area contributed by atoms with Crippen molar-refractivity contribution in [1.82, 2.24) is 9.97 Å². The number of benzene rings is 1. The number of aliphatic hydroxyl groups excluding tert-OH is 1. The first-order valence-electron chi connectivity index (χ1n) is 10.8. The van der Waals surface area contributed by atoms with E-state index in [1.165, 1.54) is 23.3 Å². The summed E-state index contributed by atoms with van der Waals surface area (Å²) in [5.41, 5.74) is 1.21. The molecule has 3 heterocycles. The van der Waals surface area contributed by atoms with Crippen LogP contribution in [0.1, 0.15) is 54.3 Å². The monoisotopic (exact) mass is 591 g/mol. The quantitative estimate of drug-likeness (QED) is 0.292. The molecule has 1 aliphatic heterocycles. The van der Waals surface area contributed by atoms with E-state index in [2.05, 4.69) is 25.9 Å². The SMILES string of the molecule is CCOC(=O)c1sc(N2C(=O)C(O)=C(C(=O)c3sc(C)nc3C)C2c2cc(Br)ccc2OC)nc1C. The van der Waals surface area contributed by atoms with Crippen LogP contribution in [0.3, 0.4) is 0 Å². The summed E-state index contributed by atoms with van der Waals surface area (Å²) in [7, 11) is 1.47. The van der Waals surface area contributed by atoms with Gasteiger partial charge in [-0.15, -0.1) is 11.3 Å². The molecule has 0 bridgehead atoms. The Morgan fingerprint density at radius 3 is 2.44 bits per heavy atom. The molecule has 0 radical (unpaired) electrons. The largest absolute Gasteiger partial charge is 0.503 e. The number of Topliss-reactive ketones (excluding diaryl/α,β-unsaturated/α-hetero) is 1. The Morgan fingerprint density at radius 1 is 1.14 bits per heavy atom. The lowest BCUT2D eigenvalue weighted by Crippen LogP contribution is -2.31. The number of carbonyl (C=O) groups is 3. The standard InChI is InChI=1S/C24H22BrN3O6S2/c1-6-34-23(32)21-11(3)27-24(36-21)28-17(14-9-13(25)7-8-15(14)33-5)16(19(30)22(28)31)18(29)20-10(2)26-12(4)35-20/h7-9,17,30H,6H2,1-5H3. The Balaban J connectivity index is 1.93. The van der Waals surface area contributed by atoms with E-state index in [4.69, 9.17) is 9.47 Å². The van der Waals surface area contributed by atoms with Crippen LogP contribution < -0.4 is 9.64 Å². The lowest BCUT2D eigenvalue weighted by molar-refractivity contribution is -0.117. The molecule has 1 N–H and O–H groups in total. The van der Waals surface area contributed by atoms with Crippen molar-refractivity contribution >= 4 is 61.4 Å². The third-order valence-corrected chi connectivity index (χ3v) is 8.20. The van der Waals surface area contributed by atoms with E-state index in [1.807, 2.05) is 0 Å². The van der Waals surface area contributed by atoms with Gasteiger partial charge in [-0.25, -0.2) is 14.8 Å². The highest BCUT2D eigenvalue weighted by molar-refractivity contribution is 9.10. The van der Waals surface area contributed by atoms with E-state index >= 15 is 0 Å². The van der Waals surface area contributed by atoms with E-state index in [9.17, 15) is 19.5 Å². The van der Waals surface area contributed by atoms with Gasteiger partial charge in [0.25, 0.3) is 5.91 Å². The van der Waals surface area contributed by atoms with Crippen molar-refractivity contribution in [3.05, 3.63) is 65.7 Å². The van der Waals surface area contributed by atoms with Crippen LogP contribution in [0.5, 0.6) is 5.75 Å². The van der Waals surface area contributed by atoms with E-state index in [-0.39, 0.29) is 22.2 Å². The number of thiazole rings is 2. The molecule has 1 aromatic carbocycles. The van der Waals surface area contributed by atoms with E-state index < -0.39 is 29.5 Å². The molecule has 1 atom stereocenters. The molecular weight excluding hydrogens is 570 g/mol. The van der Waals surface area contributed by atoms with Gasteiger partial charge in [-0.05, 0) is 45.9 Å².